The first-order valence-corrected chi connectivity index (χ1v) is 7.78. The van der Waals surface area contributed by atoms with Crippen LogP contribution in [0.4, 0.5) is 0 Å². The first kappa shape index (κ1) is 15.1. The minimum absolute atomic E-state index is 0.193. The molecule has 1 saturated carbocycles. The van der Waals surface area contributed by atoms with Crippen LogP contribution < -0.4 is 0 Å². The Bertz CT molecular complexity index is 453. The van der Waals surface area contributed by atoms with Crippen molar-refractivity contribution in [2.24, 2.45) is 17.8 Å². The monoisotopic (exact) mass is 278 g/mol. The molecule has 0 saturated heterocycles. The fourth-order valence-electron chi connectivity index (χ4n) is 3.33. The average Bonchev–Trinajstić information content (AvgIpc) is 2.87. The van der Waals surface area contributed by atoms with E-state index in [0.717, 1.165) is 37.8 Å². The quantitative estimate of drug-likeness (QED) is 0.896. The molecule has 1 aromatic rings. The van der Waals surface area contributed by atoms with Gasteiger partial charge in [0.15, 0.2) is 0 Å². The average molecular weight is 278 g/mol. The van der Waals surface area contributed by atoms with E-state index in [4.69, 9.17) is 0 Å². The van der Waals surface area contributed by atoms with Crippen LogP contribution in [-0.4, -0.2) is 20.9 Å². The lowest BCUT2D eigenvalue weighted by Crippen LogP contribution is -2.32. The molecule has 0 spiro atoms. The Kier molecular flexibility index (Phi) is 4.84. The lowest BCUT2D eigenvalue weighted by atomic mass is 9.71. The summed E-state index contributed by atoms with van der Waals surface area (Å²) >= 11 is 0. The second-order valence-corrected chi connectivity index (χ2v) is 6.38. The summed E-state index contributed by atoms with van der Waals surface area (Å²) in [5.74, 6) is 0.0966. The molecule has 0 amide bonds. The highest BCUT2D eigenvalue weighted by molar-refractivity contribution is 5.70. The standard InChI is InChI=1S/C16H26N2O2/c1-4-12-5-6-15(16(19)20)13(9-12)10-14-7-8-18(17-14)11(2)3/h7-8,11-13,15H,4-6,9-10H2,1-3H3,(H,19,20). The van der Waals surface area contributed by atoms with Crippen LogP contribution >= 0.6 is 0 Å². The predicted molar refractivity (Wildman–Crippen MR) is 78.6 cm³/mol. The van der Waals surface area contributed by atoms with E-state index in [-0.39, 0.29) is 11.8 Å². The molecule has 0 bridgehead atoms. The van der Waals surface area contributed by atoms with Gasteiger partial charge in [-0.05, 0) is 57.4 Å². The number of aromatic nitrogens is 2. The van der Waals surface area contributed by atoms with Crippen LogP contribution in [0.5, 0.6) is 0 Å². The fraction of sp³-hybridized carbons (Fsp3) is 0.750. The van der Waals surface area contributed by atoms with Gasteiger partial charge in [-0.1, -0.05) is 13.3 Å². The van der Waals surface area contributed by atoms with Gasteiger partial charge in [0.25, 0.3) is 0 Å². The molecular formula is C16H26N2O2. The predicted octanol–water partition coefficient (Wildman–Crippen LogP) is 3.53. The minimum Gasteiger partial charge on any atom is -0.481 e. The van der Waals surface area contributed by atoms with E-state index in [0.29, 0.717) is 12.0 Å². The van der Waals surface area contributed by atoms with Crippen molar-refractivity contribution in [3.8, 4) is 0 Å². The highest BCUT2D eigenvalue weighted by Crippen LogP contribution is 2.37. The van der Waals surface area contributed by atoms with Gasteiger partial charge in [0.1, 0.15) is 0 Å². The molecular weight excluding hydrogens is 252 g/mol. The molecule has 1 aromatic heterocycles. The van der Waals surface area contributed by atoms with Crippen LogP contribution in [0, 0.1) is 17.8 Å². The third-order valence-corrected chi connectivity index (χ3v) is 4.65. The number of carbonyl (C=O) groups is 1. The molecule has 4 heteroatoms. The van der Waals surface area contributed by atoms with E-state index in [1.54, 1.807) is 0 Å². The summed E-state index contributed by atoms with van der Waals surface area (Å²) in [6, 6.07) is 2.39. The van der Waals surface area contributed by atoms with Crippen LogP contribution in [0.15, 0.2) is 12.3 Å². The molecule has 2 rings (SSSR count). The molecule has 3 atom stereocenters. The van der Waals surface area contributed by atoms with Gasteiger partial charge in [0.05, 0.1) is 11.6 Å². The SMILES string of the molecule is CCC1CCC(C(=O)O)C(Cc2ccn(C(C)C)n2)C1. The zero-order chi connectivity index (χ0) is 14.7. The molecule has 0 aliphatic heterocycles. The summed E-state index contributed by atoms with van der Waals surface area (Å²) in [6.45, 7) is 6.41. The third-order valence-electron chi connectivity index (χ3n) is 4.65. The molecule has 3 unspecified atom stereocenters. The van der Waals surface area contributed by atoms with Crippen LogP contribution in [0.2, 0.25) is 0 Å². The number of carboxylic acids is 1. The Labute approximate surface area is 121 Å². The Balaban J connectivity index is 2.07. The second-order valence-electron chi connectivity index (χ2n) is 6.38. The Morgan fingerprint density at radius 1 is 1.50 bits per heavy atom. The molecule has 1 aliphatic carbocycles. The molecule has 1 fully saturated rings. The molecule has 1 heterocycles. The topological polar surface area (TPSA) is 55.1 Å². The summed E-state index contributed by atoms with van der Waals surface area (Å²) in [5.41, 5.74) is 1.03. The number of aliphatic carboxylic acids is 1. The van der Waals surface area contributed by atoms with Gasteiger partial charge in [-0.25, -0.2) is 0 Å². The molecule has 1 aliphatic rings. The van der Waals surface area contributed by atoms with E-state index >= 15 is 0 Å². The number of hydrogen-bond donors (Lipinski definition) is 1. The highest BCUT2D eigenvalue weighted by atomic mass is 16.4. The van der Waals surface area contributed by atoms with Crippen molar-refractivity contribution in [1.29, 1.82) is 0 Å². The van der Waals surface area contributed by atoms with Gasteiger partial charge in [0, 0.05) is 12.2 Å². The third kappa shape index (κ3) is 3.41. The van der Waals surface area contributed by atoms with Crippen LogP contribution in [0.25, 0.3) is 0 Å². The molecule has 4 nitrogen and oxygen atoms in total. The highest BCUT2D eigenvalue weighted by Gasteiger charge is 2.34. The Hall–Kier alpha value is -1.32. The Morgan fingerprint density at radius 2 is 2.25 bits per heavy atom. The van der Waals surface area contributed by atoms with Crippen LogP contribution in [0.1, 0.15) is 58.2 Å². The van der Waals surface area contributed by atoms with E-state index in [1.165, 1.54) is 0 Å². The van der Waals surface area contributed by atoms with Crippen molar-refractivity contribution >= 4 is 5.97 Å². The van der Waals surface area contributed by atoms with Gasteiger partial charge in [0.2, 0.25) is 0 Å². The van der Waals surface area contributed by atoms with Crippen molar-refractivity contribution in [3.05, 3.63) is 18.0 Å². The van der Waals surface area contributed by atoms with Gasteiger partial charge in [-0.2, -0.15) is 5.10 Å². The van der Waals surface area contributed by atoms with E-state index in [1.807, 2.05) is 16.9 Å². The van der Waals surface area contributed by atoms with Gasteiger partial charge < -0.3 is 5.11 Å². The smallest absolute Gasteiger partial charge is 0.306 e. The van der Waals surface area contributed by atoms with Crippen molar-refractivity contribution < 1.29 is 9.90 Å². The summed E-state index contributed by atoms with van der Waals surface area (Å²) in [7, 11) is 0. The van der Waals surface area contributed by atoms with Crippen LogP contribution in [-0.2, 0) is 11.2 Å². The number of carboxylic acid groups (broad SMARTS) is 1. The van der Waals surface area contributed by atoms with Gasteiger partial charge in [-0.3, -0.25) is 9.48 Å². The number of hydrogen-bond acceptors (Lipinski definition) is 2. The molecule has 0 aromatic carbocycles. The zero-order valence-corrected chi connectivity index (χ0v) is 12.7. The van der Waals surface area contributed by atoms with E-state index in [9.17, 15) is 9.90 Å². The lowest BCUT2D eigenvalue weighted by molar-refractivity contribution is -0.145. The summed E-state index contributed by atoms with van der Waals surface area (Å²) in [6.07, 6.45) is 6.86. The fourth-order valence-corrected chi connectivity index (χ4v) is 3.33. The van der Waals surface area contributed by atoms with Crippen molar-refractivity contribution in [3.63, 3.8) is 0 Å². The van der Waals surface area contributed by atoms with Crippen molar-refractivity contribution in [2.45, 2.75) is 58.9 Å². The summed E-state index contributed by atoms with van der Waals surface area (Å²) < 4.78 is 1.95. The minimum atomic E-state index is -0.632. The Morgan fingerprint density at radius 3 is 2.80 bits per heavy atom. The van der Waals surface area contributed by atoms with Crippen LogP contribution in [0.3, 0.4) is 0 Å². The lowest BCUT2D eigenvalue weighted by Gasteiger charge is -2.33. The van der Waals surface area contributed by atoms with Crippen molar-refractivity contribution in [1.82, 2.24) is 9.78 Å². The number of rotatable bonds is 5. The largest absolute Gasteiger partial charge is 0.481 e. The summed E-state index contributed by atoms with van der Waals surface area (Å²) in [4.78, 5) is 11.4. The second kappa shape index (κ2) is 6.42. The first-order chi connectivity index (χ1) is 9.51. The van der Waals surface area contributed by atoms with E-state index < -0.39 is 5.97 Å². The first-order valence-electron chi connectivity index (χ1n) is 7.78. The molecule has 112 valence electrons. The maximum absolute atomic E-state index is 11.4. The maximum atomic E-state index is 11.4. The van der Waals surface area contributed by atoms with E-state index in [2.05, 4.69) is 25.9 Å². The van der Waals surface area contributed by atoms with Crippen molar-refractivity contribution in [2.75, 3.05) is 0 Å². The van der Waals surface area contributed by atoms with Gasteiger partial charge in [-0.15, -0.1) is 0 Å². The summed E-state index contributed by atoms with van der Waals surface area (Å²) in [5, 5.41) is 14.0. The number of nitrogens with zero attached hydrogens (tertiary/aromatic N) is 2. The molecule has 0 radical (unpaired) electrons. The zero-order valence-electron chi connectivity index (χ0n) is 12.7. The van der Waals surface area contributed by atoms with Gasteiger partial charge >= 0.3 is 5.97 Å². The molecule has 20 heavy (non-hydrogen) atoms. The maximum Gasteiger partial charge on any atom is 0.306 e. The normalized spacial score (nSPS) is 26.9. The molecule has 1 N–H and O–H groups in total.